The van der Waals surface area contributed by atoms with E-state index < -0.39 is 18.3 Å². The average Bonchev–Trinajstić information content (AvgIpc) is 2.21. The highest BCUT2D eigenvalue weighted by Gasteiger charge is 2.17. The summed E-state index contributed by atoms with van der Waals surface area (Å²) in [7, 11) is 0. The summed E-state index contributed by atoms with van der Waals surface area (Å²) in [6.07, 6.45) is 1.41. The Labute approximate surface area is 88.9 Å². The predicted molar refractivity (Wildman–Crippen MR) is 54.0 cm³/mol. The fourth-order valence-corrected chi connectivity index (χ4v) is 1.98. The average molecular weight is 232 g/mol. The molecule has 0 N–H and O–H groups in total. The predicted octanol–water partition coefficient (Wildman–Crippen LogP) is 2.79. The van der Waals surface area contributed by atoms with Crippen molar-refractivity contribution in [1.29, 1.82) is 0 Å². The Morgan fingerprint density at radius 3 is 2.73 bits per heavy atom. The second-order valence-corrected chi connectivity index (χ2v) is 3.76. The van der Waals surface area contributed by atoms with Crippen LogP contribution in [0.15, 0.2) is 21.4 Å². The lowest BCUT2D eigenvalue weighted by molar-refractivity contribution is 0.498. The molecule has 0 aromatic heterocycles. The highest BCUT2D eigenvalue weighted by atomic mass is 32.2. The molecule has 0 unspecified atom stereocenters. The van der Waals surface area contributed by atoms with Crippen LogP contribution >= 0.6 is 11.9 Å². The highest BCUT2D eigenvalue weighted by Crippen LogP contribution is 2.35. The third-order valence-corrected chi connectivity index (χ3v) is 2.70. The summed E-state index contributed by atoms with van der Waals surface area (Å²) in [6, 6.07) is 2.12. The molecule has 2 nitrogen and oxygen atoms in total. The molecule has 80 valence electrons. The van der Waals surface area contributed by atoms with E-state index in [0.717, 1.165) is 24.1 Å². The largest absolute Gasteiger partial charge is 0.328 e. The van der Waals surface area contributed by atoms with E-state index in [1.54, 1.807) is 0 Å². The fraction of sp³-hybridized carbons (Fsp3) is 0.222. The maximum Gasteiger partial charge on any atom is 0.160 e. The van der Waals surface area contributed by atoms with Crippen molar-refractivity contribution >= 4 is 24.0 Å². The topological polar surface area (TPSA) is 15.6 Å². The number of rotatable bonds is 2. The second-order valence-electron chi connectivity index (χ2n) is 2.93. The number of hydrogen-bond acceptors (Lipinski definition) is 3. The quantitative estimate of drug-likeness (QED) is 0.728. The van der Waals surface area contributed by atoms with Crippen molar-refractivity contribution in [1.82, 2.24) is 0 Å². The van der Waals surface area contributed by atoms with E-state index >= 15 is 0 Å². The summed E-state index contributed by atoms with van der Waals surface area (Å²) in [5.74, 6) is -1.85. The van der Waals surface area contributed by atoms with Crippen LogP contribution in [0.1, 0.15) is 0 Å². The smallest absolute Gasteiger partial charge is 0.160 e. The van der Waals surface area contributed by atoms with Gasteiger partial charge in [-0.15, -0.1) is 0 Å². The van der Waals surface area contributed by atoms with Crippen LogP contribution in [0.4, 0.5) is 18.9 Å². The number of hydrogen-bond donors (Lipinski definition) is 0. The van der Waals surface area contributed by atoms with Gasteiger partial charge in [-0.05, 0) is 6.07 Å². The van der Waals surface area contributed by atoms with Crippen molar-refractivity contribution in [2.24, 2.45) is 4.40 Å². The van der Waals surface area contributed by atoms with E-state index in [-0.39, 0.29) is 6.54 Å². The SMILES string of the molecule is FCCN1C=NSc2cc(F)c(F)cc21. The summed E-state index contributed by atoms with van der Waals surface area (Å²) in [4.78, 5) is 1.94. The third kappa shape index (κ3) is 1.94. The van der Waals surface area contributed by atoms with Gasteiger partial charge in [0, 0.05) is 18.0 Å². The number of fused-ring (bicyclic) bond motifs is 1. The lowest BCUT2D eigenvalue weighted by Crippen LogP contribution is -2.26. The Morgan fingerprint density at radius 2 is 2.00 bits per heavy atom. The molecule has 0 saturated carbocycles. The summed E-state index contributed by atoms with van der Waals surface area (Å²) in [5.41, 5.74) is 0.451. The summed E-state index contributed by atoms with van der Waals surface area (Å²) in [5, 5.41) is 0. The Hall–Kier alpha value is -1.17. The molecule has 0 amide bonds. The van der Waals surface area contributed by atoms with E-state index in [0.29, 0.717) is 10.6 Å². The molecule has 15 heavy (non-hydrogen) atoms. The summed E-state index contributed by atoms with van der Waals surface area (Å²) in [6.45, 7) is -0.489. The molecule has 1 heterocycles. The Bertz CT molecular complexity index is 409. The van der Waals surface area contributed by atoms with Gasteiger partial charge in [-0.25, -0.2) is 17.6 Å². The molecular formula is C9H7F3N2S. The molecule has 0 saturated heterocycles. The molecule has 1 aromatic rings. The summed E-state index contributed by atoms with van der Waals surface area (Å²) >= 11 is 1.04. The van der Waals surface area contributed by atoms with Crippen molar-refractivity contribution in [3.63, 3.8) is 0 Å². The first-order chi connectivity index (χ1) is 7.22. The molecule has 1 aliphatic rings. The molecule has 0 atom stereocenters. The van der Waals surface area contributed by atoms with E-state index in [4.69, 9.17) is 0 Å². The van der Waals surface area contributed by atoms with Crippen molar-refractivity contribution in [3.05, 3.63) is 23.8 Å². The van der Waals surface area contributed by atoms with Crippen LogP contribution in [0, 0.1) is 11.6 Å². The second kappa shape index (κ2) is 4.14. The van der Waals surface area contributed by atoms with E-state index in [1.165, 1.54) is 11.2 Å². The van der Waals surface area contributed by atoms with Gasteiger partial charge in [0.1, 0.15) is 13.0 Å². The van der Waals surface area contributed by atoms with Gasteiger partial charge >= 0.3 is 0 Å². The van der Waals surface area contributed by atoms with Gasteiger partial charge in [-0.1, -0.05) is 0 Å². The molecule has 2 rings (SSSR count). The van der Waals surface area contributed by atoms with Crippen LogP contribution in [-0.2, 0) is 0 Å². The van der Waals surface area contributed by atoms with E-state index in [9.17, 15) is 13.2 Å². The van der Waals surface area contributed by atoms with Gasteiger partial charge in [0.05, 0.1) is 17.1 Å². The molecular weight excluding hydrogens is 225 g/mol. The van der Waals surface area contributed by atoms with Crippen LogP contribution in [0.3, 0.4) is 0 Å². The van der Waals surface area contributed by atoms with E-state index in [1.807, 2.05) is 0 Å². The first-order valence-electron chi connectivity index (χ1n) is 4.24. The maximum absolute atomic E-state index is 13.0. The maximum atomic E-state index is 13.0. The van der Waals surface area contributed by atoms with Crippen LogP contribution < -0.4 is 4.90 Å². The fourth-order valence-electron chi connectivity index (χ4n) is 1.28. The first kappa shape index (κ1) is 10.4. The van der Waals surface area contributed by atoms with Gasteiger partial charge < -0.3 is 4.90 Å². The normalized spacial score (nSPS) is 14.2. The minimum atomic E-state index is -0.937. The number of alkyl halides is 1. The molecule has 1 aromatic carbocycles. The van der Waals surface area contributed by atoms with Gasteiger partial charge in [0.15, 0.2) is 11.6 Å². The zero-order valence-electron chi connectivity index (χ0n) is 7.58. The van der Waals surface area contributed by atoms with Gasteiger partial charge in [0.2, 0.25) is 0 Å². The van der Waals surface area contributed by atoms with Crippen molar-refractivity contribution in [2.45, 2.75) is 4.90 Å². The first-order valence-corrected chi connectivity index (χ1v) is 5.02. The van der Waals surface area contributed by atoms with Crippen molar-refractivity contribution in [2.75, 3.05) is 18.1 Å². The van der Waals surface area contributed by atoms with Crippen LogP contribution in [0.25, 0.3) is 0 Å². The minimum Gasteiger partial charge on any atom is -0.328 e. The lowest BCUT2D eigenvalue weighted by Gasteiger charge is -2.23. The standard InChI is InChI=1S/C9H7F3N2S/c10-1-2-14-5-13-15-9-4-7(12)6(11)3-8(9)14/h3-5H,1-2H2. The zero-order valence-corrected chi connectivity index (χ0v) is 8.40. The molecule has 6 heteroatoms. The third-order valence-electron chi connectivity index (χ3n) is 1.97. The van der Waals surface area contributed by atoms with Gasteiger partial charge in [-0.2, -0.15) is 0 Å². The number of halogens is 3. The number of anilines is 1. The highest BCUT2D eigenvalue weighted by molar-refractivity contribution is 7.98. The van der Waals surface area contributed by atoms with Crippen molar-refractivity contribution < 1.29 is 13.2 Å². The van der Waals surface area contributed by atoms with Crippen molar-refractivity contribution in [3.8, 4) is 0 Å². The Morgan fingerprint density at radius 1 is 1.27 bits per heavy atom. The molecule has 1 aliphatic heterocycles. The molecule has 0 fully saturated rings. The number of benzene rings is 1. The number of nitrogens with zero attached hydrogens (tertiary/aromatic N) is 2. The molecule has 0 spiro atoms. The van der Waals surface area contributed by atoms with Crippen LogP contribution in [0.2, 0.25) is 0 Å². The van der Waals surface area contributed by atoms with Crippen LogP contribution in [0.5, 0.6) is 0 Å². The van der Waals surface area contributed by atoms with Gasteiger partial charge in [-0.3, -0.25) is 0 Å². The van der Waals surface area contributed by atoms with E-state index in [2.05, 4.69) is 4.40 Å². The summed E-state index contributed by atoms with van der Waals surface area (Å²) < 4.78 is 41.9. The Balaban J connectivity index is 2.41. The lowest BCUT2D eigenvalue weighted by atomic mass is 10.2. The zero-order chi connectivity index (χ0) is 10.8. The molecule has 0 radical (unpaired) electrons. The Kier molecular flexibility index (Phi) is 2.86. The van der Waals surface area contributed by atoms with Gasteiger partial charge in [0.25, 0.3) is 0 Å². The monoisotopic (exact) mass is 232 g/mol. The molecule has 0 aliphatic carbocycles. The van der Waals surface area contributed by atoms with Crippen LogP contribution in [-0.4, -0.2) is 19.6 Å². The molecule has 0 bridgehead atoms. The minimum absolute atomic E-state index is 0.0854.